The van der Waals surface area contributed by atoms with Crippen LogP contribution >= 0.6 is 34.5 Å². The first-order valence-electron chi connectivity index (χ1n) is 8.20. The van der Waals surface area contributed by atoms with E-state index in [0.717, 1.165) is 10.6 Å². The van der Waals surface area contributed by atoms with Crippen LogP contribution in [0.25, 0.3) is 10.6 Å². The van der Waals surface area contributed by atoms with Gasteiger partial charge in [0.25, 0.3) is 0 Å². The zero-order valence-electron chi connectivity index (χ0n) is 15.0. The molecule has 0 spiro atoms. The molecule has 2 aromatic carbocycles. The molecule has 0 aliphatic carbocycles. The van der Waals surface area contributed by atoms with Crippen LogP contribution in [0.4, 0.5) is 15.6 Å². The number of anilines is 2. The molecule has 1 heterocycles. The number of nitrogens with one attached hydrogen (secondary N) is 2. The molecule has 3 rings (SSSR count). The van der Waals surface area contributed by atoms with Gasteiger partial charge in [-0.05, 0) is 29.2 Å². The number of rotatable bonds is 3. The molecule has 8 heteroatoms. The number of aromatic nitrogens is 2. The van der Waals surface area contributed by atoms with Crippen molar-refractivity contribution in [3.63, 3.8) is 0 Å². The standard InChI is InChI=1S/C19H18Cl2N4OS/c1-19(2,3)12-6-4-11(5-7-12)16-24-25-18(27-16)23-17(26)22-15-9-8-13(20)10-14(15)21/h4-10H,1-3H3,(H2,22,23,25,26). The summed E-state index contributed by atoms with van der Waals surface area (Å²) in [6, 6.07) is 12.6. The van der Waals surface area contributed by atoms with Crippen LogP contribution in [0.3, 0.4) is 0 Å². The van der Waals surface area contributed by atoms with Crippen LogP contribution in [0.15, 0.2) is 42.5 Å². The summed E-state index contributed by atoms with van der Waals surface area (Å²) in [4.78, 5) is 12.1. The summed E-state index contributed by atoms with van der Waals surface area (Å²) in [5.74, 6) is 0. The summed E-state index contributed by atoms with van der Waals surface area (Å²) in [6.45, 7) is 6.50. The molecule has 2 amide bonds. The third-order valence-electron chi connectivity index (χ3n) is 3.82. The van der Waals surface area contributed by atoms with Gasteiger partial charge in [0.15, 0.2) is 0 Å². The van der Waals surface area contributed by atoms with Gasteiger partial charge in [0, 0.05) is 10.6 Å². The van der Waals surface area contributed by atoms with Gasteiger partial charge in [0.2, 0.25) is 5.13 Å². The first kappa shape index (κ1) is 19.6. The van der Waals surface area contributed by atoms with Gasteiger partial charge in [0.1, 0.15) is 5.01 Å². The summed E-state index contributed by atoms with van der Waals surface area (Å²) in [7, 11) is 0. The van der Waals surface area contributed by atoms with Gasteiger partial charge in [-0.3, -0.25) is 5.32 Å². The number of nitrogens with zero attached hydrogens (tertiary/aromatic N) is 2. The largest absolute Gasteiger partial charge is 0.325 e. The lowest BCUT2D eigenvalue weighted by atomic mass is 9.87. The molecule has 140 valence electrons. The number of benzene rings is 2. The van der Waals surface area contributed by atoms with E-state index in [1.54, 1.807) is 18.2 Å². The van der Waals surface area contributed by atoms with E-state index in [-0.39, 0.29) is 5.41 Å². The molecule has 0 aliphatic heterocycles. The van der Waals surface area contributed by atoms with Crippen molar-refractivity contribution < 1.29 is 4.79 Å². The maximum absolute atomic E-state index is 12.1. The minimum atomic E-state index is -0.454. The van der Waals surface area contributed by atoms with E-state index in [1.165, 1.54) is 16.9 Å². The Labute approximate surface area is 171 Å². The maximum Gasteiger partial charge on any atom is 0.325 e. The topological polar surface area (TPSA) is 66.9 Å². The van der Waals surface area contributed by atoms with Crippen molar-refractivity contribution in [3.8, 4) is 10.6 Å². The molecule has 0 aliphatic rings. The number of carbonyl (C=O) groups excluding carboxylic acids is 1. The maximum atomic E-state index is 12.1. The minimum Gasteiger partial charge on any atom is -0.306 e. The Morgan fingerprint density at radius 3 is 2.33 bits per heavy atom. The van der Waals surface area contributed by atoms with Crippen molar-refractivity contribution in [1.29, 1.82) is 0 Å². The van der Waals surface area contributed by atoms with Gasteiger partial charge in [-0.2, -0.15) is 0 Å². The highest BCUT2D eigenvalue weighted by molar-refractivity contribution is 7.18. The molecular weight excluding hydrogens is 403 g/mol. The van der Waals surface area contributed by atoms with E-state index < -0.39 is 6.03 Å². The third kappa shape index (κ3) is 4.97. The molecule has 0 fully saturated rings. The Hall–Kier alpha value is -2.15. The van der Waals surface area contributed by atoms with Gasteiger partial charge >= 0.3 is 6.03 Å². The second-order valence-electron chi connectivity index (χ2n) is 6.94. The zero-order valence-corrected chi connectivity index (χ0v) is 17.3. The lowest BCUT2D eigenvalue weighted by Crippen LogP contribution is -2.19. The monoisotopic (exact) mass is 420 g/mol. The predicted octanol–water partition coefficient (Wildman–Crippen LogP) is 6.45. The normalized spacial score (nSPS) is 11.3. The first-order chi connectivity index (χ1) is 12.7. The van der Waals surface area contributed by atoms with Crippen molar-refractivity contribution in [2.75, 3.05) is 10.6 Å². The van der Waals surface area contributed by atoms with Crippen molar-refractivity contribution in [1.82, 2.24) is 10.2 Å². The fraction of sp³-hybridized carbons (Fsp3) is 0.211. The molecule has 0 saturated carbocycles. The van der Waals surface area contributed by atoms with Gasteiger partial charge < -0.3 is 5.32 Å². The Balaban J connectivity index is 1.68. The molecule has 0 bridgehead atoms. The minimum absolute atomic E-state index is 0.0907. The number of urea groups is 1. The highest BCUT2D eigenvalue weighted by Gasteiger charge is 2.15. The van der Waals surface area contributed by atoms with Crippen LogP contribution in [0.5, 0.6) is 0 Å². The first-order valence-corrected chi connectivity index (χ1v) is 9.77. The molecular formula is C19H18Cl2N4OS. The van der Waals surface area contributed by atoms with Crippen molar-refractivity contribution in [3.05, 3.63) is 58.1 Å². The van der Waals surface area contributed by atoms with E-state index in [0.29, 0.717) is 20.9 Å². The van der Waals surface area contributed by atoms with E-state index in [9.17, 15) is 4.79 Å². The second kappa shape index (κ2) is 7.84. The van der Waals surface area contributed by atoms with E-state index in [1.807, 2.05) is 12.1 Å². The average molecular weight is 421 g/mol. The number of hydrogen-bond acceptors (Lipinski definition) is 4. The molecule has 0 radical (unpaired) electrons. The van der Waals surface area contributed by atoms with Crippen LogP contribution in [0.2, 0.25) is 10.0 Å². The summed E-state index contributed by atoms with van der Waals surface area (Å²) < 4.78 is 0. The average Bonchev–Trinajstić information content (AvgIpc) is 3.05. The van der Waals surface area contributed by atoms with E-state index in [2.05, 4.69) is 53.7 Å². The fourth-order valence-electron chi connectivity index (χ4n) is 2.34. The quantitative estimate of drug-likeness (QED) is 0.511. The third-order valence-corrected chi connectivity index (χ3v) is 5.26. The molecule has 27 heavy (non-hydrogen) atoms. The number of hydrogen-bond donors (Lipinski definition) is 2. The van der Waals surface area contributed by atoms with E-state index in [4.69, 9.17) is 23.2 Å². The predicted molar refractivity (Wildman–Crippen MR) is 113 cm³/mol. The molecule has 5 nitrogen and oxygen atoms in total. The Kier molecular flexibility index (Phi) is 5.69. The summed E-state index contributed by atoms with van der Waals surface area (Å²) in [5, 5.41) is 15.5. The number of halogens is 2. The highest BCUT2D eigenvalue weighted by Crippen LogP contribution is 2.30. The number of carbonyl (C=O) groups is 1. The lowest BCUT2D eigenvalue weighted by Gasteiger charge is -2.18. The van der Waals surface area contributed by atoms with Crippen molar-refractivity contribution >= 4 is 51.4 Å². The van der Waals surface area contributed by atoms with Gasteiger partial charge in [-0.25, -0.2) is 4.79 Å². The van der Waals surface area contributed by atoms with Gasteiger partial charge in [-0.1, -0.05) is 79.6 Å². The highest BCUT2D eigenvalue weighted by atomic mass is 35.5. The molecule has 1 aromatic heterocycles. The van der Waals surface area contributed by atoms with Crippen LogP contribution < -0.4 is 10.6 Å². The zero-order chi connectivity index (χ0) is 19.6. The van der Waals surface area contributed by atoms with Crippen LogP contribution in [0, 0.1) is 0 Å². The lowest BCUT2D eigenvalue weighted by molar-refractivity contribution is 0.262. The second-order valence-corrected chi connectivity index (χ2v) is 8.76. The molecule has 0 unspecified atom stereocenters. The van der Waals surface area contributed by atoms with Crippen LogP contribution in [0.1, 0.15) is 26.3 Å². The smallest absolute Gasteiger partial charge is 0.306 e. The summed E-state index contributed by atoms with van der Waals surface area (Å²) >= 11 is 13.2. The van der Waals surface area contributed by atoms with E-state index >= 15 is 0 Å². The molecule has 0 atom stereocenters. The Morgan fingerprint density at radius 2 is 1.70 bits per heavy atom. The molecule has 2 N–H and O–H groups in total. The van der Waals surface area contributed by atoms with Crippen LogP contribution in [-0.2, 0) is 5.41 Å². The molecule has 0 saturated heterocycles. The fourth-order valence-corrected chi connectivity index (χ4v) is 3.54. The molecule has 3 aromatic rings. The summed E-state index contributed by atoms with van der Waals surface area (Å²) in [5.41, 5.74) is 2.75. The van der Waals surface area contributed by atoms with Gasteiger partial charge in [0.05, 0.1) is 10.7 Å². The number of amides is 2. The SMILES string of the molecule is CC(C)(C)c1ccc(-c2nnc(NC(=O)Nc3ccc(Cl)cc3Cl)s2)cc1. The van der Waals surface area contributed by atoms with Gasteiger partial charge in [-0.15, -0.1) is 10.2 Å². The Bertz CT molecular complexity index is 965. The Morgan fingerprint density at radius 1 is 1.00 bits per heavy atom. The van der Waals surface area contributed by atoms with Crippen molar-refractivity contribution in [2.24, 2.45) is 0 Å². The van der Waals surface area contributed by atoms with Crippen LogP contribution in [-0.4, -0.2) is 16.2 Å². The summed E-state index contributed by atoms with van der Waals surface area (Å²) in [6.07, 6.45) is 0. The van der Waals surface area contributed by atoms with Crippen molar-refractivity contribution in [2.45, 2.75) is 26.2 Å².